The third-order valence-electron chi connectivity index (χ3n) is 5.54. The lowest BCUT2D eigenvalue weighted by Crippen LogP contribution is -2.39. The molecule has 0 saturated carbocycles. The van der Waals surface area contributed by atoms with Gasteiger partial charge in [-0.15, -0.1) is 0 Å². The highest BCUT2D eigenvalue weighted by Crippen LogP contribution is 2.27. The molecule has 2 amide bonds. The van der Waals surface area contributed by atoms with Gasteiger partial charge in [-0.2, -0.15) is 5.10 Å². The lowest BCUT2D eigenvalue weighted by atomic mass is 9.92. The second-order valence-electron chi connectivity index (χ2n) is 10.3. The Morgan fingerprint density at radius 3 is 2.34 bits per heavy atom. The molecule has 6 heteroatoms. The Kier molecular flexibility index (Phi) is 8.28. The van der Waals surface area contributed by atoms with Crippen LogP contribution in [-0.2, 0) is 15.0 Å². The number of carbonyl (C=O) groups is 2. The molecule has 0 radical (unpaired) electrons. The number of hydrogen-bond donors (Lipinski definition) is 1. The van der Waals surface area contributed by atoms with Crippen LogP contribution in [0.1, 0.15) is 51.4 Å². The molecular weight excluding hydrogens is 436 g/mol. The first-order chi connectivity index (χ1) is 16.5. The molecule has 1 aromatic heterocycles. The fourth-order valence-electron chi connectivity index (χ4n) is 3.69. The molecule has 184 valence electrons. The number of hydrogen-bond acceptors (Lipinski definition) is 3. The molecule has 0 saturated heterocycles. The average molecular weight is 473 g/mol. The molecule has 3 aromatic rings. The summed E-state index contributed by atoms with van der Waals surface area (Å²) in [5.41, 5.74) is 3.58. The Morgan fingerprint density at radius 2 is 1.71 bits per heavy atom. The van der Waals surface area contributed by atoms with E-state index in [0.29, 0.717) is 12.4 Å². The van der Waals surface area contributed by atoms with Crippen molar-refractivity contribution in [3.63, 3.8) is 0 Å². The maximum absolute atomic E-state index is 13.1. The summed E-state index contributed by atoms with van der Waals surface area (Å²) in [5, 5.41) is 7.81. The number of para-hydroxylation sites is 1. The Bertz CT molecular complexity index is 1190. The average Bonchev–Trinajstić information content (AvgIpc) is 3.21. The Labute approximate surface area is 208 Å². The quantitative estimate of drug-likeness (QED) is 0.433. The van der Waals surface area contributed by atoms with Crippen LogP contribution in [0, 0.1) is 12.8 Å². The molecule has 3 rings (SSSR count). The van der Waals surface area contributed by atoms with Crippen molar-refractivity contribution in [1.29, 1.82) is 0 Å². The summed E-state index contributed by atoms with van der Waals surface area (Å²) in [5.74, 6) is 0.357. The second-order valence-corrected chi connectivity index (χ2v) is 10.3. The maximum Gasteiger partial charge on any atom is 0.247 e. The molecule has 6 nitrogen and oxygen atoms in total. The second kappa shape index (κ2) is 11.2. The fourth-order valence-corrected chi connectivity index (χ4v) is 3.69. The molecule has 1 heterocycles. The molecule has 0 fully saturated rings. The number of rotatable bonds is 8. The third-order valence-corrected chi connectivity index (χ3v) is 5.54. The van der Waals surface area contributed by atoms with E-state index in [2.05, 4.69) is 26.1 Å². The first kappa shape index (κ1) is 25.9. The van der Waals surface area contributed by atoms with E-state index < -0.39 is 0 Å². The Morgan fingerprint density at radius 1 is 1.06 bits per heavy atom. The zero-order chi connectivity index (χ0) is 25.6. The maximum atomic E-state index is 13.1. The van der Waals surface area contributed by atoms with E-state index >= 15 is 0 Å². The van der Waals surface area contributed by atoms with Gasteiger partial charge >= 0.3 is 0 Å². The van der Waals surface area contributed by atoms with Crippen LogP contribution in [0.3, 0.4) is 0 Å². The standard InChI is InChI=1S/C29H36N4O2/c1-21(2)19-32(28(35)17-16-23-13-8-7-9-14-23)20-27(34)30-26-18-25(29(4,5)6)31-33(26)24-15-11-10-12-22(24)3/h7-18,21H,19-20H2,1-6H3,(H,30,34). The molecule has 0 bridgehead atoms. The Balaban J connectivity index is 1.83. The number of carbonyl (C=O) groups excluding carboxylic acids is 2. The predicted octanol–water partition coefficient (Wildman–Crippen LogP) is 5.61. The summed E-state index contributed by atoms with van der Waals surface area (Å²) < 4.78 is 1.78. The summed E-state index contributed by atoms with van der Waals surface area (Å²) in [6.45, 7) is 12.8. The van der Waals surface area contributed by atoms with Crippen molar-refractivity contribution in [3.05, 3.63) is 83.6 Å². The van der Waals surface area contributed by atoms with Crippen LogP contribution < -0.4 is 5.32 Å². The highest BCUT2D eigenvalue weighted by atomic mass is 16.2. The summed E-state index contributed by atoms with van der Waals surface area (Å²) in [6, 6.07) is 19.5. The largest absolute Gasteiger partial charge is 0.330 e. The summed E-state index contributed by atoms with van der Waals surface area (Å²) in [4.78, 5) is 27.7. The number of amides is 2. The van der Waals surface area contributed by atoms with E-state index in [1.54, 1.807) is 15.7 Å². The number of benzene rings is 2. The van der Waals surface area contributed by atoms with Crippen molar-refractivity contribution in [1.82, 2.24) is 14.7 Å². The highest BCUT2D eigenvalue weighted by Gasteiger charge is 2.23. The van der Waals surface area contributed by atoms with Crippen molar-refractivity contribution in [3.8, 4) is 5.69 Å². The van der Waals surface area contributed by atoms with E-state index in [1.165, 1.54) is 6.08 Å². The van der Waals surface area contributed by atoms with Gasteiger partial charge in [-0.1, -0.05) is 83.1 Å². The monoisotopic (exact) mass is 472 g/mol. The first-order valence-electron chi connectivity index (χ1n) is 12.0. The molecule has 0 unspecified atom stereocenters. The summed E-state index contributed by atoms with van der Waals surface area (Å²) >= 11 is 0. The topological polar surface area (TPSA) is 67.2 Å². The van der Waals surface area contributed by atoms with Crippen LogP contribution >= 0.6 is 0 Å². The number of aromatic nitrogens is 2. The molecule has 0 aliphatic rings. The molecule has 2 aromatic carbocycles. The lowest BCUT2D eigenvalue weighted by molar-refractivity contribution is -0.131. The van der Waals surface area contributed by atoms with E-state index in [1.807, 2.05) is 81.4 Å². The smallest absolute Gasteiger partial charge is 0.247 e. The minimum Gasteiger partial charge on any atom is -0.330 e. The van der Waals surface area contributed by atoms with Crippen molar-refractivity contribution >= 4 is 23.7 Å². The predicted molar refractivity (Wildman–Crippen MR) is 143 cm³/mol. The lowest BCUT2D eigenvalue weighted by Gasteiger charge is -2.23. The van der Waals surface area contributed by atoms with Gasteiger partial charge in [0.1, 0.15) is 12.4 Å². The minimum atomic E-state index is -0.262. The third kappa shape index (κ3) is 7.15. The molecule has 1 N–H and O–H groups in total. The van der Waals surface area contributed by atoms with Gasteiger partial charge in [-0.25, -0.2) is 4.68 Å². The van der Waals surface area contributed by atoms with Crippen LogP contribution in [0.4, 0.5) is 5.82 Å². The molecule has 0 aliphatic heterocycles. The van der Waals surface area contributed by atoms with Crippen LogP contribution in [0.5, 0.6) is 0 Å². The molecule has 35 heavy (non-hydrogen) atoms. The van der Waals surface area contributed by atoms with Gasteiger partial charge < -0.3 is 10.2 Å². The van der Waals surface area contributed by atoms with Crippen molar-refractivity contribution < 1.29 is 9.59 Å². The van der Waals surface area contributed by atoms with Crippen LogP contribution in [0.15, 0.2) is 66.7 Å². The van der Waals surface area contributed by atoms with Gasteiger partial charge in [0.25, 0.3) is 0 Å². The van der Waals surface area contributed by atoms with Gasteiger partial charge in [0.15, 0.2) is 0 Å². The van der Waals surface area contributed by atoms with Crippen LogP contribution in [-0.4, -0.2) is 39.6 Å². The minimum absolute atomic E-state index is 0.0417. The van der Waals surface area contributed by atoms with E-state index in [9.17, 15) is 9.59 Å². The zero-order valence-electron chi connectivity index (χ0n) is 21.6. The number of nitrogens with zero attached hydrogens (tertiary/aromatic N) is 3. The Hall–Kier alpha value is -3.67. The number of nitrogens with one attached hydrogen (secondary N) is 1. The summed E-state index contributed by atoms with van der Waals surface area (Å²) in [7, 11) is 0. The SMILES string of the molecule is Cc1ccccc1-n1nc(C(C)(C)C)cc1NC(=O)CN(CC(C)C)C(=O)C=Cc1ccccc1. The number of aryl methyl sites for hydroxylation is 1. The van der Waals surface area contributed by atoms with Crippen LogP contribution in [0.2, 0.25) is 0 Å². The normalized spacial score (nSPS) is 11.7. The molecule has 0 spiro atoms. The fraction of sp³-hybridized carbons (Fsp3) is 0.345. The zero-order valence-corrected chi connectivity index (χ0v) is 21.6. The van der Waals surface area contributed by atoms with Gasteiger partial charge in [0, 0.05) is 24.1 Å². The first-order valence-corrected chi connectivity index (χ1v) is 12.0. The van der Waals surface area contributed by atoms with Gasteiger partial charge in [-0.3, -0.25) is 9.59 Å². The molecular formula is C29H36N4O2. The summed E-state index contributed by atoms with van der Waals surface area (Å²) in [6.07, 6.45) is 3.30. The highest BCUT2D eigenvalue weighted by molar-refractivity contribution is 5.98. The van der Waals surface area contributed by atoms with Gasteiger partial charge in [0.05, 0.1) is 11.4 Å². The van der Waals surface area contributed by atoms with Crippen molar-refractivity contribution in [2.45, 2.75) is 47.0 Å². The van der Waals surface area contributed by atoms with E-state index in [4.69, 9.17) is 5.10 Å². The van der Waals surface area contributed by atoms with Crippen molar-refractivity contribution in [2.75, 3.05) is 18.4 Å². The molecule has 0 aliphatic carbocycles. The number of anilines is 1. The van der Waals surface area contributed by atoms with Crippen molar-refractivity contribution in [2.24, 2.45) is 5.92 Å². The molecule has 0 atom stereocenters. The van der Waals surface area contributed by atoms with Gasteiger partial charge in [-0.05, 0) is 36.1 Å². The van der Waals surface area contributed by atoms with Gasteiger partial charge in [0.2, 0.25) is 11.8 Å². The van der Waals surface area contributed by atoms with Crippen LogP contribution in [0.25, 0.3) is 11.8 Å². The van der Waals surface area contributed by atoms with E-state index in [0.717, 1.165) is 22.5 Å². The van der Waals surface area contributed by atoms with E-state index in [-0.39, 0.29) is 29.7 Å².